The van der Waals surface area contributed by atoms with E-state index in [9.17, 15) is 0 Å². The van der Waals surface area contributed by atoms with Crippen molar-refractivity contribution in [1.82, 2.24) is 0 Å². The first-order chi connectivity index (χ1) is 22.6. The molecule has 3 aromatic rings. The van der Waals surface area contributed by atoms with Crippen LogP contribution >= 0.6 is 0 Å². The van der Waals surface area contributed by atoms with Gasteiger partial charge in [-0.15, -0.1) is 0 Å². The number of hydrogen-bond acceptors (Lipinski definition) is 6. The Labute approximate surface area is 286 Å². The number of rotatable bonds is 24. The van der Waals surface area contributed by atoms with Crippen LogP contribution in [0.3, 0.4) is 0 Å². The highest BCUT2D eigenvalue weighted by Crippen LogP contribution is 2.26. The standard InChI is InChI=1S/C36H51O6Si4/c1-37-28-16-13-19-31(34(28)40-4)43-22-7-10-25-46(26-11-8-23-44-32-20-14-17-29(38-2)35(32)41-5)27-12-9-24-45-33-21-15-18-30(39-3)36(33)42-6/h13-21H,7-12,22-27H2,1-6H3. The molecule has 10 heteroatoms. The molecule has 0 bridgehead atoms. The number of para-hydroxylation sites is 3. The molecule has 3 aromatic carbocycles. The first-order valence-electron chi connectivity index (χ1n) is 16.3. The Bertz CT molecular complexity index is 1140. The Morgan fingerprint density at radius 2 is 0.717 bits per heavy atom. The normalized spacial score (nSPS) is 11.0. The minimum absolute atomic E-state index is 0.372. The van der Waals surface area contributed by atoms with Crippen LogP contribution in [-0.4, -0.2) is 80.0 Å². The lowest BCUT2D eigenvalue weighted by Gasteiger charge is -2.16. The summed E-state index contributed by atoms with van der Waals surface area (Å²) in [6, 6.07) is 26.6. The lowest BCUT2D eigenvalue weighted by molar-refractivity contribution is 0.357. The molecule has 0 aliphatic heterocycles. The molecule has 0 fully saturated rings. The monoisotopic (exact) mass is 691 g/mol. The van der Waals surface area contributed by atoms with Crippen molar-refractivity contribution in [2.24, 2.45) is 0 Å². The molecule has 0 saturated heterocycles. The van der Waals surface area contributed by atoms with Gasteiger partial charge < -0.3 is 28.4 Å². The Morgan fingerprint density at radius 1 is 0.413 bits per heavy atom. The van der Waals surface area contributed by atoms with Gasteiger partial charge in [-0.2, -0.15) is 0 Å². The second-order valence-corrected chi connectivity index (χ2v) is 18.2. The van der Waals surface area contributed by atoms with Gasteiger partial charge in [-0.3, -0.25) is 0 Å². The first-order valence-corrected chi connectivity index (χ1v) is 22.0. The van der Waals surface area contributed by atoms with E-state index in [4.69, 9.17) is 28.4 Å². The molecule has 3 rings (SSSR count). The SMILES string of the molecule is COc1cccc([Si]CCCC[Si](CCCC[Si]c2cccc(OC)c2OC)CCCC[Si]c2cccc(OC)c2OC)c1OC. The third-order valence-electron chi connectivity index (χ3n) is 8.03. The number of hydrogen-bond donors (Lipinski definition) is 0. The van der Waals surface area contributed by atoms with Crippen LogP contribution in [0.25, 0.3) is 0 Å². The van der Waals surface area contributed by atoms with Gasteiger partial charge in [-0.1, -0.05) is 111 Å². The molecular formula is C36H51O6Si4. The smallest absolute Gasteiger partial charge is 0.160 e. The van der Waals surface area contributed by atoms with Crippen molar-refractivity contribution in [1.29, 1.82) is 0 Å². The molecule has 7 radical (unpaired) electrons. The maximum Gasteiger partial charge on any atom is 0.160 e. The summed E-state index contributed by atoms with van der Waals surface area (Å²) >= 11 is 0. The molecule has 0 spiro atoms. The number of unbranched alkanes of at least 4 members (excludes halogenated alkanes) is 3. The van der Waals surface area contributed by atoms with Crippen molar-refractivity contribution < 1.29 is 28.4 Å². The predicted molar refractivity (Wildman–Crippen MR) is 197 cm³/mol. The fourth-order valence-electron chi connectivity index (χ4n) is 5.62. The van der Waals surface area contributed by atoms with Crippen molar-refractivity contribution in [2.75, 3.05) is 42.7 Å². The van der Waals surface area contributed by atoms with E-state index in [1.807, 2.05) is 18.2 Å². The van der Waals surface area contributed by atoms with Gasteiger partial charge >= 0.3 is 0 Å². The molecule has 0 N–H and O–H groups in total. The predicted octanol–water partition coefficient (Wildman–Crippen LogP) is 6.22. The van der Waals surface area contributed by atoms with Gasteiger partial charge in [0.1, 0.15) is 0 Å². The Morgan fingerprint density at radius 3 is 0.978 bits per heavy atom. The van der Waals surface area contributed by atoms with E-state index in [1.54, 1.807) is 42.7 Å². The summed E-state index contributed by atoms with van der Waals surface area (Å²) in [5, 5.41) is 3.82. The van der Waals surface area contributed by atoms with E-state index < -0.39 is 0 Å². The summed E-state index contributed by atoms with van der Waals surface area (Å²) in [6.45, 7) is 0. The number of ether oxygens (including phenoxy) is 6. The average Bonchev–Trinajstić information content (AvgIpc) is 3.09. The van der Waals surface area contributed by atoms with Gasteiger partial charge in [0.05, 0.1) is 71.2 Å². The van der Waals surface area contributed by atoms with Crippen LogP contribution in [-0.2, 0) is 0 Å². The minimum atomic E-state index is -0.372. The van der Waals surface area contributed by atoms with Gasteiger partial charge in [0.25, 0.3) is 0 Å². The van der Waals surface area contributed by atoms with Crippen LogP contribution in [0.4, 0.5) is 0 Å². The zero-order valence-electron chi connectivity index (χ0n) is 28.6. The quantitative estimate of drug-likeness (QED) is 0.0822. The highest BCUT2D eigenvalue weighted by atomic mass is 28.3. The lowest BCUT2D eigenvalue weighted by Crippen LogP contribution is -2.18. The second-order valence-electron chi connectivity index (χ2n) is 11.0. The largest absolute Gasteiger partial charge is 0.493 e. The highest BCUT2D eigenvalue weighted by molar-refractivity contribution is 6.59. The molecular weight excluding hydrogens is 641 g/mol. The maximum atomic E-state index is 5.66. The molecule has 0 atom stereocenters. The first kappa shape index (κ1) is 37.8. The Hall–Kier alpha value is -2.67. The summed E-state index contributed by atoms with van der Waals surface area (Å²) in [4.78, 5) is 0. The second kappa shape index (κ2) is 22.0. The molecule has 46 heavy (non-hydrogen) atoms. The molecule has 0 aromatic heterocycles. The third kappa shape index (κ3) is 11.8. The summed E-state index contributed by atoms with van der Waals surface area (Å²) in [7, 11) is 12.2. The summed E-state index contributed by atoms with van der Waals surface area (Å²) in [6.07, 6.45) is 7.83. The maximum absolute atomic E-state index is 5.66. The summed E-state index contributed by atoms with van der Waals surface area (Å²) in [5.74, 6) is 5.17. The van der Waals surface area contributed by atoms with E-state index in [2.05, 4.69) is 36.4 Å². The van der Waals surface area contributed by atoms with Crippen LogP contribution in [0.2, 0.25) is 36.3 Å². The van der Waals surface area contributed by atoms with E-state index >= 15 is 0 Å². The van der Waals surface area contributed by atoms with Crippen LogP contribution in [0.15, 0.2) is 54.6 Å². The third-order valence-corrected chi connectivity index (χ3v) is 15.3. The summed E-state index contributed by atoms with van der Waals surface area (Å²) in [5.41, 5.74) is 0. The van der Waals surface area contributed by atoms with Gasteiger partial charge in [0, 0.05) is 8.80 Å². The molecule has 0 heterocycles. The Kier molecular flexibility index (Phi) is 18.1. The van der Waals surface area contributed by atoms with Crippen molar-refractivity contribution >= 4 is 52.9 Å². The molecule has 0 amide bonds. The fraction of sp³-hybridized carbons (Fsp3) is 0.500. The van der Waals surface area contributed by atoms with Crippen LogP contribution in [0, 0.1) is 0 Å². The molecule has 0 aliphatic rings. The van der Waals surface area contributed by atoms with Crippen LogP contribution in [0.1, 0.15) is 38.5 Å². The van der Waals surface area contributed by atoms with Gasteiger partial charge in [-0.25, -0.2) is 0 Å². The van der Waals surface area contributed by atoms with Crippen molar-refractivity contribution in [3.63, 3.8) is 0 Å². The molecule has 6 nitrogen and oxygen atoms in total. The molecule has 0 unspecified atom stereocenters. The zero-order chi connectivity index (χ0) is 33.0. The topological polar surface area (TPSA) is 55.4 Å². The van der Waals surface area contributed by atoms with Gasteiger partial charge in [-0.05, 0) is 33.8 Å². The molecule has 247 valence electrons. The number of benzene rings is 3. The average molecular weight is 692 g/mol. The van der Waals surface area contributed by atoms with Gasteiger partial charge in [0.15, 0.2) is 34.5 Å². The van der Waals surface area contributed by atoms with Crippen molar-refractivity contribution in [2.45, 2.75) is 74.8 Å². The van der Waals surface area contributed by atoms with Gasteiger partial charge in [0.2, 0.25) is 0 Å². The van der Waals surface area contributed by atoms with Crippen molar-refractivity contribution in [3.05, 3.63) is 54.6 Å². The summed E-state index contributed by atoms with van der Waals surface area (Å²) < 4.78 is 33.5. The van der Waals surface area contributed by atoms with E-state index in [0.29, 0.717) is 0 Å². The highest BCUT2D eigenvalue weighted by Gasteiger charge is 2.15. The van der Waals surface area contributed by atoms with E-state index in [0.717, 1.165) is 63.1 Å². The Balaban J connectivity index is 1.46. The fourth-order valence-corrected chi connectivity index (χ4v) is 12.5. The molecule has 0 aliphatic carbocycles. The number of methoxy groups -OCH3 is 6. The van der Waals surface area contributed by atoms with E-state index in [1.165, 1.54) is 90.3 Å². The molecule has 0 saturated carbocycles. The minimum Gasteiger partial charge on any atom is -0.493 e. The lowest BCUT2D eigenvalue weighted by atomic mass is 10.3. The van der Waals surface area contributed by atoms with Crippen LogP contribution < -0.4 is 44.0 Å². The van der Waals surface area contributed by atoms with Crippen molar-refractivity contribution in [3.8, 4) is 34.5 Å². The van der Waals surface area contributed by atoms with Crippen LogP contribution in [0.5, 0.6) is 34.5 Å². The van der Waals surface area contributed by atoms with E-state index in [-0.39, 0.29) is 8.80 Å². The zero-order valence-corrected chi connectivity index (χ0v) is 32.6.